The van der Waals surface area contributed by atoms with Crippen molar-refractivity contribution in [3.05, 3.63) is 54.6 Å². The summed E-state index contributed by atoms with van der Waals surface area (Å²) in [5, 5.41) is 0. The summed E-state index contributed by atoms with van der Waals surface area (Å²) in [5.74, 6) is 2.20. The number of hydrogen-bond acceptors (Lipinski definition) is 4. The second-order valence-electron chi connectivity index (χ2n) is 5.66. The van der Waals surface area contributed by atoms with E-state index in [-0.39, 0.29) is 12.2 Å². The molecular weight excluding hydrogens is 306 g/mol. The lowest BCUT2D eigenvalue weighted by Gasteiger charge is -2.31. The number of methoxy groups -OCH3 is 1. The molecule has 0 atom stereocenters. The van der Waals surface area contributed by atoms with Gasteiger partial charge < -0.3 is 19.1 Å². The van der Waals surface area contributed by atoms with Gasteiger partial charge in [0.25, 0.3) is 0 Å². The number of likely N-dealkylation sites (tertiary alicyclic amines) is 1. The van der Waals surface area contributed by atoms with E-state index in [9.17, 15) is 4.79 Å². The summed E-state index contributed by atoms with van der Waals surface area (Å²) in [6, 6.07) is 16.7. The van der Waals surface area contributed by atoms with Crippen LogP contribution in [0.25, 0.3) is 0 Å². The number of nitrogens with zero attached hydrogens (tertiary/aromatic N) is 1. The maximum Gasteiger partial charge on any atom is 0.415 e. The summed E-state index contributed by atoms with van der Waals surface area (Å²) in [6.45, 7) is 1.26. The molecule has 24 heavy (non-hydrogen) atoms. The average Bonchev–Trinajstić information content (AvgIpc) is 2.64. The van der Waals surface area contributed by atoms with Crippen molar-refractivity contribution < 1.29 is 19.0 Å². The zero-order chi connectivity index (χ0) is 16.8. The van der Waals surface area contributed by atoms with Gasteiger partial charge in [0, 0.05) is 25.9 Å². The minimum absolute atomic E-state index is 0.110. The van der Waals surface area contributed by atoms with Crippen LogP contribution in [0.4, 0.5) is 4.79 Å². The predicted octanol–water partition coefficient (Wildman–Crippen LogP) is 3.74. The molecule has 1 saturated heterocycles. The summed E-state index contributed by atoms with van der Waals surface area (Å²) in [4.78, 5) is 13.9. The quantitative estimate of drug-likeness (QED) is 0.858. The van der Waals surface area contributed by atoms with Crippen LogP contribution in [0.15, 0.2) is 54.6 Å². The second kappa shape index (κ2) is 7.73. The van der Waals surface area contributed by atoms with Crippen LogP contribution in [0, 0.1) is 0 Å². The Morgan fingerprint density at radius 2 is 1.54 bits per heavy atom. The minimum atomic E-state index is -0.302. The molecule has 5 heteroatoms. The van der Waals surface area contributed by atoms with Crippen LogP contribution in [-0.4, -0.2) is 37.3 Å². The standard InChI is InChI=1S/C19H21NO4/c1-22-15-7-9-17(10-8-15)23-18-11-13-20(14-12-18)19(21)24-16-5-3-2-4-6-16/h2-10,18H,11-14H2,1H3. The normalized spacial score (nSPS) is 15.0. The van der Waals surface area contributed by atoms with Gasteiger partial charge in [-0.1, -0.05) is 18.2 Å². The zero-order valence-corrected chi connectivity index (χ0v) is 13.7. The van der Waals surface area contributed by atoms with Gasteiger partial charge in [0.05, 0.1) is 7.11 Å². The van der Waals surface area contributed by atoms with E-state index in [1.54, 1.807) is 24.1 Å². The maximum absolute atomic E-state index is 12.2. The average molecular weight is 327 g/mol. The van der Waals surface area contributed by atoms with E-state index in [4.69, 9.17) is 14.2 Å². The molecule has 0 aliphatic carbocycles. The zero-order valence-electron chi connectivity index (χ0n) is 13.7. The van der Waals surface area contributed by atoms with E-state index >= 15 is 0 Å². The monoisotopic (exact) mass is 327 g/mol. The summed E-state index contributed by atoms with van der Waals surface area (Å²) < 4.78 is 16.5. The summed E-state index contributed by atoms with van der Waals surface area (Å²) in [5.41, 5.74) is 0. The molecule has 1 fully saturated rings. The van der Waals surface area contributed by atoms with Crippen LogP contribution >= 0.6 is 0 Å². The van der Waals surface area contributed by atoms with Crippen molar-refractivity contribution in [2.45, 2.75) is 18.9 Å². The fraction of sp³-hybridized carbons (Fsp3) is 0.316. The molecule has 0 saturated carbocycles. The first kappa shape index (κ1) is 16.2. The topological polar surface area (TPSA) is 48.0 Å². The molecule has 1 heterocycles. The van der Waals surface area contributed by atoms with Crippen LogP contribution in [0.1, 0.15) is 12.8 Å². The highest BCUT2D eigenvalue weighted by atomic mass is 16.6. The first-order valence-electron chi connectivity index (χ1n) is 8.07. The number of amides is 1. The van der Waals surface area contributed by atoms with Gasteiger partial charge in [0.2, 0.25) is 0 Å². The highest BCUT2D eigenvalue weighted by Crippen LogP contribution is 2.22. The van der Waals surface area contributed by atoms with Crippen molar-refractivity contribution in [1.82, 2.24) is 4.90 Å². The van der Waals surface area contributed by atoms with Crippen molar-refractivity contribution in [2.24, 2.45) is 0 Å². The molecule has 1 aliphatic rings. The van der Waals surface area contributed by atoms with Crippen molar-refractivity contribution in [3.63, 3.8) is 0 Å². The maximum atomic E-state index is 12.2. The van der Waals surface area contributed by atoms with Gasteiger partial charge in [-0.3, -0.25) is 0 Å². The molecule has 0 aromatic heterocycles. The third-order valence-corrected chi connectivity index (χ3v) is 4.01. The van der Waals surface area contributed by atoms with Gasteiger partial charge in [0.15, 0.2) is 0 Å². The van der Waals surface area contributed by atoms with E-state index in [1.807, 2.05) is 42.5 Å². The Bertz CT molecular complexity index is 649. The van der Waals surface area contributed by atoms with Crippen LogP contribution in [0.2, 0.25) is 0 Å². The number of carbonyl (C=O) groups excluding carboxylic acids is 1. The number of piperidine rings is 1. The van der Waals surface area contributed by atoms with Gasteiger partial charge >= 0.3 is 6.09 Å². The van der Waals surface area contributed by atoms with Crippen molar-refractivity contribution in [2.75, 3.05) is 20.2 Å². The summed E-state index contributed by atoms with van der Waals surface area (Å²) in [7, 11) is 1.64. The lowest BCUT2D eigenvalue weighted by molar-refractivity contribution is 0.0930. The molecule has 2 aromatic carbocycles. The third kappa shape index (κ3) is 4.19. The lowest BCUT2D eigenvalue weighted by Crippen LogP contribution is -2.43. The molecule has 0 spiro atoms. The molecule has 0 N–H and O–H groups in total. The van der Waals surface area contributed by atoms with Crippen molar-refractivity contribution in [3.8, 4) is 17.2 Å². The Kier molecular flexibility index (Phi) is 5.21. The molecule has 0 radical (unpaired) electrons. The van der Waals surface area contributed by atoms with Crippen LogP contribution in [0.5, 0.6) is 17.2 Å². The SMILES string of the molecule is COc1ccc(OC2CCN(C(=O)Oc3ccccc3)CC2)cc1. The molecule has 3 rings (SSSR count). The molecule has 0 unspecified atom stereocenters. The highest BCUT2D eigenvalue weighted by Gasteiger charge is 2.25. The minimum Gasteiger partial charge on any atom is -0.497 e. The van der Waals surface area contributed by atoms with E-state index in [0.29, 0.717) is 18.8 Å². The third-order valence-electron chi connectivity index (χ3n) is 4.01. The van der Waals surface area contributed by atoms with Crippen LogP contribution in [-0.2, 0) is 0 Å². The fourth-order valence-corrected chi connectivity index (χ4v) is 2.66. The number of carbonyl (C=O) groups is 1. The smallest absolute Gasteiger partial charge is 0.415 e. The Hall–Kier alpha value is -2.69. The van der Waals surface area contributed by atoms with E-state index in [2.05, 4.69) is 0 Å². The Morgan fingerprint density at radius 3 is 2.17 bits per heavy atom. The number of para-hydroxylation sites is 1. The van der Waals surface area contributed by atoms with E-state index in [1.165, 1.54) is 0 Å². The molecule has 5 nitrogen and oxygen atoms in total. The highest BCUT2D eigenvalue weighted by molar-refractivity contribution is 5.70. The molecule has 1 amide bonds. The van der Waals surface area contributed by atoms with Gasteiger partial charge in [-0.2, -0.15) is 0 Å². The second-order valence-corrected chi connectivity index (χ2v) is 5.66. The first-order chi connectivity index (χ1) is 11.7. The van der Waals surface area contributed by atoms with Gasteiger partial charge in [-0.15, -0.1) is 0 Å². The molecule has 0 bridgehead atoms. The molecule has 2 aromatic rings. The van der Waals surface area contributed by atoms with Crippen molar-refractivity contribution in [1.29, 1.82) is 0 Å². The Labute approximate surface area is 141 Å². The predicted molar refractivity (Wildman–Crippen MR) is 90.7 cm³/mol. The number of benzene rings is 2. The molecule has 1 aliphatic heterocycles. The largest absolute Gasteiger partial charge is 0.497 e. The van der Waals surface area contributed by atoms with Gasteiger partial charge in [-0.05, 0) is 36.4 Å². The number of ether oxygens (including phenoxy) is 3. The van der Waals surface area contributed by atoms with Gasteiger partial charge in [0.1, 0.15) is 23.4 Å². The molecular formula is C19H21NO4. The fourth-order valence-electron chi connectivity index (χ4n) is 2.66. The lowest BCUT2D eigenvalue weighted by atomic mass is 10.1. The van der Waals surface area contributed by atoms with Crippen LogP contribution < -0.4 is 14.2 Å². The number of rotatable bonds is 4. The van der Waals surface area contributed by atoms with Gasteiger partial charge in [-0.25, -0.2) is 4.79 Å². The first-order valence-corrected chi connectivity index (χ1v) is 8.07. The molecule has 126 valence electrons. The number of hydrogen-bond donors (Lipinski definition) is 0. The Morgan fingerprint density at radius 1 is 0.917 bits per heavy atom. The summed E-state index contributed by atoms with van der Waals surface area (Å²) in [6.07, 6.45) is 1.38. The van der Waals surface area contributed by atoms with E-state index < -0.39 is 0 Å². The summed E-state index contributed by atoms with van der Waals surface area (Å²) >= 11 is 0. The Balaban J connectivity index is 1.47. The van der Waals surface area contributed by atoms with E-state index in [0.717, 1.165) is 24.3 Å². The van der Waals surface area contributed by atoms with Crippen LogP contribution in [0.3, 0.4) is 0 Å². The van der Waals surface area contributed by atoms with Crippen molar-refractivity contribution >= 4 is 6.09 Å².